The van der Waals surface area contributed by atoms with Gasteiger partial charge in [0.25, 0.3) is 0 Å². The predicted octanol–water partition coefficient (Wildman–Crippen LogP) is 3.48. The number of hydrogen-bond acceptors (Lipinski definition) is 4. The third-order valence-electron chi connectivity index (χ3n) is 3.63. The van der Waals surface area contributed by atoms with Crippen molar-refractivity contribution in [3.8, 4) is 0 Å². The van der Waals surface area contributed by atoms with Crippen LogP contribution in [-0.2, 0) is 14.4 Å². The van der Waals surface area contributed by atoms with Crippen LogP contribution in [0.25, 0.3) is 0 Å². The van der Waals surface area contributed by atoms with Crippen molar-refractivity contribution in [2.75, 3.05) is 0 Å². The van der Waals surface area contributed by atoms with Crippen LogP contribution in [0, 0.1) is 0 Å². The van der Waals surface area contributed by atoms with Crippen LogP contribution in [0.1, 0.15) is 39.4 Å². The maximum Gasteiger partial charge on any atom is 0.247 e. The summed E-state index contributed by atoms with van der Waals surface area (Å²) in [7, 11) is -5.61. The van der Waals surface area contributed by atoms with Gasteiger partial charge in [-0.25, -0.2) is 13.6 Å². The zero-order chi connectivity index (χ0) is 15.1. The number of hydrogen-bond donors (Lipinski definition) is 1. The highest BCUT2D eigenvalue weighted by molar-refractivity contribution is 7.91. The molecule has 0 bridgehead atoms. The Morgan fingerprint density at radius 2 is 1.89 bits per heavy atom. The monoisotopic (exact) mass is 321 g/mol. The maximum absolute atomic E-state index is 11.5. The molecule has 0 saturated carbocycles. The summed E-state index contributed by atoms with van der Waals surface area (Å²) in [5.41, 5.74) is 0.664. The number of nitrogens with two attached hydrogens (primary N) is 1. The van der Waals surface area contributed by atoms with Crippen molar-refractivity contribution in [1.29, 1.82) is 0 Å². The van der Waals surface area contributed by atoms with Gasteiger partial charge in [0.1, 0.15) is 4.21 Å². The number of thiophene rings is 1. The van der Waals surface area contributed by atoms with Gasteiger partial charge >= 0.3 is 0 Å². The average molecular weight is 322 g/mol. The molecule has 4 nitrogen and oxygen atoms in total. The fraction of sp³-hybridized carbons (Fsp3) is 0.667. The number of primary sulfonamides is 1. The summed E-state index contributed by atoms with van der Waals surface area (Å²) in [6, 6.07) is 1.78. The molecule has 1 aromatic rings. The summed E-state index contributed by atoms with van der Waals surface area (Å²) in [5.74, 6) is 0. The van der Waals surface area contributed by atoms with Crippen molar-refractivity contribution < 1.29 is 12.8 Å². The minimum absolute atomic E-state index is 0.0824. The minimum atomic E-state index is -3.67. The van der Waals surface area contributed by atoms with Gasteiger partial charge < -0.3 is 4.43 Å². The van der Waals surface area contributed by atoms with E-state index in [1.807, 2.05) is 6.92 Å². The first-order valence-electron chi connectivity index (χ1n) is 6.14. The van der Waals surface area contributed by atoms with Crippen LogP contribution in [0.15, 0.2) is 15.7 Å². The largest absolute Gasteiger partial charge is 0.410 e. The highest BCUT2D eigenvalue weighted by Gasteiger charge is 2.39. The van der Waals surface area contributed by atoms with Gasteiger partial charge in [0.15, 0.2) is 8.32 Å². The Kier molecular flexibility index (Phi) is 4.69. The van der Waals surface area contributed by atoms with E-state index in [4.69, 9.17) is 9.56 Å². The molecule has 1 aromatic heterocycles. The van der Waals surface area contributed by atoms with Crippen molar-refractivity contribution in [3.05, 3.63) is 17.0 Å². The lowest BCUT2D eigenvalue weighted by atomic mass is 10.2. The van der Waals surface area contributed by atoms with Gasteiger partial charge in [-0.15, -0.1) is 11.3 Å². The number of sulfonamides is 1. The van der Waals surface area contributed by atoms with Gasteiger partial charge in [-0.3, -0.25) is 0 Å². The molecule has 0 aliphatic heterocycles. The van der Waals surface area contributed by atoms with Gasteiger partial charge in [0, 0.05) is 5.56 Å². The molecule has 0 amide bonds. The summed E-state index contributed by atoms with van der Waals surface area (Å²) in [6.07, 6.45) is -0.263. The SMILES string of the molecule is CC(O[Si](C)(C)C(C)(C)C)c1ccsc1S(N)(=O)=O. The Morgan fingerprint density at radius 1 is 1.37 bits per heavy atom. The van der Waals surface area contributed by atoms with Crippen molar-refractivity contribution in [2.45, 2.75) is 56.1 Å². The first-order chi connectivity index (χ1) is 8.36. The average Bonchev–Trinajstić information content (AvgIpc) is 2.61. The van der Waals surface area contributed by atoms with Crippen LogP contribution in [-0.4, -0.2) is 16.7 Å². The molecule has 110 valence electrons. The quantitative estimate of drug-likeness (QED) is 0.863. The Bertz CT molecular complexity index is 544. The molecule has 2 N–H and O–H groups in total. The first kappa shape index (κ1) is 16.8. The van der Waals surface area contributed by atoms with Gasteiger partial charge in [-0.2, -0.15) is 0 Å². The molecule has 0 radical (unpaired) electrons. The van der Waals surface area contributed by atoms with Gasteiger partial charge in [0.2, 0.25) is 10.0 Å². The summed E-state index contributed by atoms with van der Waals surface area (Å²) in [5, 5.41) is 7.05. The molecular formula is C12H23NO3S2Si. The van der Waals surface area contributed by atoms with E-state index >= 15 is 0 Å². The van der Waals surface area contributed by atoms with Crippen molar-refractivity contribution in [1.82, 2.24) is 0 Å². The molecule has 1 atom stereocenters. The van der Waals surface area contributed by atoms with E-state index in [0.717, 1.165) is 11.3 Å². The fourth-order valence-corrected chi connectivity index (χ4v) is 4.86. The maximum atomic E-state index is 11.5. The molecule has 7 heteroatoms. The molecule has 19 heavy (non-hydrogen) atoms. The molecule has 1 unspecified atom stereocenters. The van der Waals surface area contributed by atoms with E-state index in [9.17, 15) is 8.42 Å². The van der Waals surface area contributed by atoms with E-state index in [1.54, 1.807) is 11.4 Å². The second-order valence-corrected chi connectivity index (χ2v) is 13.7. The standard InChI is InChI=1S/C12H23NO3S2Si/c1-9(16-19(5,6)12(2,3)4)10-7-8-17-11(10)18(13,14)15/h7-9H,1-6H3,(H2,13,14,15). The number of rotatable bonds is 4. The third kappa shape index (κ3) is 3.88. The zero-order valence-corrected chi connectivity index (χ0v) is 15.0. The third-order valence-corrected chi connectivity index (χ3v) is 10.6. The van der Waals surface area contributed by atoms with Crippen molar-refractivity contribution >= 4 is 29.7 Å². The lowest BCUT2D eigenvalue weighted by Crippen LogP contribution is -2.41. The van der Waals surface area contributed by atoms with Crippen molar-refractivity contribution in [3.63, 3.8) is 0 Å². The first-order valence-corrected chi connectivity index (χ1v) is 11.5. The van der Waals surface area contributed by atoms with Crippen LogP contribution in [0.4, 0.5) is 0 Å². The summed E-state index contributed by atoms with van der Waals surface area (Å²) in [4.78, 5) is 0. The molecule has 0 spiro atoms. The topological polar surface area (TPSA) is 69.4 Å². The van der Waals surface area contributed by atoms with E-state index in [1.165, 1.54) is 0 Å². The summed E-state index contributed by atoms with van der Waals surface area (Å²) < 4.78 is 29.5. The summed E-state index contributed by atoms with van der Waals surface area (Å²) >= 11 is 1.14. The fourth-order valence-electron chi connectivity index (χ4n) is 1.52. The van der Waals surface area contributed by atoms with Crippen LogP contribution >= 0.6 is 11.3 Å². The van der Waals surface area contributed by atoms with Gasteiger partial charge in [-0.05, 0) is 36.5 Å². The van der Waals surface area contributed by atoms with Crippen LogP contribution in [0.5, 0.6) is 0 Å². The van der Waals surface area contributed by atoms with Crippen LogP contribution in [0.2, 0.25) is 18.1 Å². The van der Waals surface area contributed by atoms with Crippen LogP contribution in [0.3, 0.4) is 0 Å². The minimum Gasteiger partial charge on any atom is -0.410 e. The highest BCUT2D eigenvalue weighted by Crippen LogP contribution is 2.40. The zero-order valence-electron chi connectivity index (χ0n) is 12.4. The Balaban J connectivity index is 3.04. The molecule has 1 heterocycles. The molecule has 0 aliphatic carbocycles. The highest BCUT2D eigenvalue weighted by atomic mass is 32.2. The Hall–Kier alpha value is -0.213. The molecule has 0 saturated heterocycles. The lowest BCUT2D eigenvalue weighted by Gasteiger charge is -2.38. The van der Waals surface area contributed by atoms with E-state index in [2.05, 4.69) is 33.9 Å². The van der Waals surface area contributed by atoms with E-state index in [0.29, 0.717) is 5.56 Å². The predicted molar refractivity (Wildman–Crippen MR) is 82.4 cm³/mol. The second-order valence-electron chi connectivity index (χ2n) is 6.23. The molecule has 1 rings (SSSR count). The second kappa shape index (κ2) is 5.29. The smallest absolute Gasteiger partial charge is 0.247 e. The molecule has 0 aliphatic rings. The van der Waals surface area contributed by atoms with Gasteiger partial charge in [0.05, 0.1) is 6.10 Å². The Morgan fingerprint density at radius 3 is 2.32 bits per heavy atom. The molecule has 0 fully saturated rings. The van der Waals surface area contributed by atoms with Crippen LogP contribution < -0.4 is 5.14 Å². The Labute approximate surface area is 121 Å². The van der Waals surface area contributed by atoms with E-state index in [-0.39, 0.29) is 15.4 Å². The lowest BCUT2D eigenvalue weighted by molar-refractivity contribution is 0.201. The van der Waals surface area contributed by atoms with E-state index < -0.39 is 18.3 Å². The molecule has 0 aromatic carbocycles. The normalized spacial score (nSPS) is 15.5. The van der Waals surface area contributed by atoms with Gasteiger partial charge in [-0.1, -0.05) is 20.8 Å². The summed E-state index contributed by atoms with van der Waals surface area (Å²) in [6.45, 7) is 12.6. The molecular weight excluding hydrogens is 298 g/mol. The van der Waals surface area contributed by atoms with Crippen molar-refractivity contribution in [2.24, 2.45) is 5.14 Å².